The largest absolute Gasteiger partial charge is 0.466 e. The zero-order valence-electron chi connectivity index (χ0n) is 7.71. The maximum atomic E-state index is 10.9. The van der Waals surface area contributed by atoms with Crippen molar-refractivity contribution in [2.75, 3.05) is 13.2 Å². The Bertz CT molecular complexity index is 143. The van der Waals surface area contributed by atoms with Crippen LogP contribution in [0, 0.1) is 0 Å². The highest BCUT2D eigenvalue weighted by Gasteiger charge is 2.08. The Kier molecular flexibility index (Phi) is 6.38. The first-order valence-corrected chi connectivity index (χ1v) is 4.08. The fourth-order valence-corrected chi connectivity index (χ4v) is 0.746. The third kappa shape index (κ3) is 5.92. The highest BCUT2D eigenvalue weighted by Crippen LogP contribution is 1.99. The maximum Gasteiger partial charge on any atom is 0.308 e. The zero-order chi connectivity index (χ0) is 9.40. The van der Waals surface area contributed by atoms with E-state index in [1.807, 2.05) is 6.92 Å². The highest BCUT2D eigenvalue weighted by atomic mass is 16.5. The van der Waals surface area contributed by atoms with Gasteiger partial charge in [0.15, 0.2) is 0 Å². The van der Waals surface area contributed by atoms with Crippen molar-refractivity contribution in [1.29, 1.82) is 0 Å². The third-order valence-electron chi connectivity index (χ3n) is 1.26. The van der Waals surface area contributed by atoms with E-state index < -0.39 is 0 Å². The maximum absolute atomic E-state index is 10.9. The lowest BCUT2D eigenvalue weighted by Gasteiger charge is -2.09. The molecular weight excluding hydrogens is 156 g/mol. The molecule has 0 N–H and O–H groups in total. The van der Waals surface area contributed by atoms with Gasteiger partial charge in [-0.25, -0.2) is 0 Å². The lowest BCUT2D eigenvalue weighted by atomic mass is 10.3. The van der Waals surface area contributed by atoms with Gasteiger partial charge in [0, 0.05) is 0 Å². The van der Waals surface area contributed by atoms with E-state index in [1.54, 1.807) is 13.0 Å². The fourth-order valence-electron chi connectivity index (χ4n) is 0.746. The SMILES string of the molecule is C=CCO[C@@H](C)CC(=O)OCC. The molecule has 0 saturated carbocycles. The molecule has 0 aliphatic heterocycles. The van der Waals surface area contributed by atoms with Crippen LogP contribution < -0.4 is 0 Å². The Hall–Kier alpha value is -0.830. The van der Waals surface area contributed by atoms with Crippen LogP contribution in [0.25, 0.3) is 0 Å². The van der Waals surface area contributed by atoms with E-state index in [4.69, 9.17) is 9.47 Å². The second-order valence-electron chi connectivity index (χ2n) is 2.44. The average molecular weight is 172 g/mol. The molecule has 0 aromatic carbocycles. The number of hydrogen-bond acceptors (Lipinski definition) is 3. The molecule has 0 aliphatic carbocycles. The summed E-state index contributed by atoms with van der Waals surface area (Å²) in [5.74, 6) is -0.214. The summed E-state index contributed by atoms with van der Waals surface area (Å²) in [5.41, 5.74) is 0. The van der Waals surface area contributed by atoms with E-state index in [0.29, 0.717) is 19.6 Å². The number of ether oxygens (including phenoxy) is 2. The van der Waals surface area contributed by atoms with Gasteiger partial charge in [0.1, 0.15) is 0 Å². The lowest BCUT2D eigenvalue weighted by molar-refractivity contribution is -0.145. The molecule has 0 bridgehead atoms. The van der Waals surface area contributed by atoms with Crippen LogP contribution in [-0.4, -0.2) is 25.3 Å². The second-order valence-corrected chi connectivity index (χ2v) is 2.44. The Balaban J connectivity index is 3.46. The summed E-state index contributed by atoms with van der Waals surface area (Å²) in [6, 6.07) is 0. The monoisotopic (exact) mass is 172 g/mol. The van der Waals surface area contributed by atoms with Gasteiger partial charge in [-0.3, -0.25) is 4.79 Å². The van der Waals surface area contributed by atoms with Crippen molar-refractivity contribution < 1.29 is 14.3 Å². The predicted molar refractivity (Wildman–Crippen MR) is 46.9 cm³/mol. The van der Waals surface area contributed by atoms with Gasteiger partial charge in [0.2, 0.25) is 0 Å². The fraction of sp³-hybridized carbons (Fsp3) is 0.667. The summed E-state index contributed by atoms with van der Waals surface area (Å²) in [6.45, 7) is 8.02. The molecule has 0 amide bonds. The molecule has 3 heteroatoms. The van der Waals surface area contributed by atoms with Crippen LogP contribution in [0.1, 0.15) is 20.3 Å². The number of carbonyl (C=O) groups excluding carboxylic acids is 1. The first kappa shape index (κ1) is 11.2. The van der Waals surface area contributed by atoms with Gasteiger partial charge in [-0.05, 0) is 13.8 Å². The molecule has 0 aliphatic rings. The third-order valence-corrected chi connectivity index (χ3v) is 1.26. The van der Waals surface area contributed by atoms with Gasteiger partial charge in [0.05, 0.1) is 25.7 Å². The van der Waals surface area contributed by atoms with Gasteiger partial charge < -0.3 is 9.47 Å². The lowest BCUT2D eigenvalue weighted by Crippen LogP contribution is -2.16. The van der Waals surface area contributed by atoms with Crippen LogP contribution in [0.15, 0.2) is 12.7 Å². The Morgan fingerprint density at radius 3 is 2.83 bits per heavy atom. The van der Waals surface area contributed by atoms with Crippen molar-refractivity contribution in [3.05, 3.63) is 12.7 Å². The smallest absolute Gasteiger partial charge is 0.308 e. The number of hydrogen-bond donors (Lipinski definition) is 0. The van der Waals surface area contributed by atoms with E-state index in [9.17, 15) is 4.79 Å². The molecule has 1 atom stereocenters. The topological polar surface area (TPSA) is 35.5 Å². The predicted octanol–water partition coefficient (Wildman–Crippen LogP) is 1.53. The minimum Gasteiger partial charge on any atom is -0.466 e. The van der Waals surface area contributed by atoms with E-state index in [0.717, 1.165) is 0 Å². The van der Waals surface area contributed by atoms with Crippen molar-refractivity contribution >= 4 is 5.97 Å². The molecule has 0 aromatic heterocycles. The van der Waals surface area contributed by atoms with Gasteiger partial charge in [-0.1, -0.05) is 6.08 Å². The number of esters is 1. The van der Waals surface area contributed by atoms with Crippen LogP contribution in [-0.2, 0) is 14.3 Å². The zero-order valence-corrected chi connectivity index (χ0v) is 7.71. The summed E-state index contributed by atoms with van der Waals surface area (Å²) in [6.07, 6.45) is 1.87. The van der Waals surface area contributed by atoms with Crippen molar-refractivity contribution in [3.8, 4) is 0 Å². The standard InChI is InChI=1S/C9H16O3/c1-4-6-12-8(3)7-9(10)11-5-2/h4,8H,1,5-7H2,2-3H3/t8-/m0/s1. The van der Waals surface area contributed by atoms with Crippen molar-refractivity contribution in [1.82, 2.24) is 0 Å². The van der Waals surface area contributed by atoms with Crippen LogP contribution >= 0.6 is 0 Å². The van der Waals surface area contributed by atoms with Crippen LogP contribution in [0.3, 0.4) is 0 Å². The van der Waals surface area contributed by atoms with E-state index in [2.05, 4.69) is 6.58 Å². The Labute approximate surface area is 73.4 Å². The number of carbonyl (C=O) groups is 1. The van der Waals surface area contributed by atoms with Gasteiger partial charge in [-0.15, -0.1) is 6.58 Å². The van der Waals surface area contributed by atoms with Crippen molar-refractivity contribution in [2.45, 2.75) is 26.4 Å². The molecule has 0 rings (SSSR count). The first-order chi connectivity index (χ1) is 5.70. The summed E-state index contributed by atoms with van der Waals surface area (Å²) in [5, 5.41) is 0. The summed E-state index contributed by atoms with van der Waals surface area (Å²) >= 11 is 0. The molecular formula is C9H16O3. The molecule has 0 aromatic rings. The quantitative estimate of drug-likeness (QED) is 0.450. The molecule has 3 nitrogen and oxygen atoms in total. The molecule has 12 heavy (non-hydrogen) atoms. The van der Waals surface area contributed by atoms with E-state index >= 15 is 0 Å². The Morgan fingerprint density at radius 1 is 1.67 bits per heavy atom. The van der Waals surface area contributed by atoms with Crippen molar-refractivity contribution in [2.24, 2.45) is 0 Å². The van der Waals surface area contributed by atoms with Gasteiger partial charge in [0.25, 0.3) is 0 Å². The summed E-state index contributed by atoms with van der Waals surface area (Å²) in [7, 11) is 0. The molecule has 0 spiro atoms. The molecule has 0 fully saturated rings. The van der Waals surface area contributed by atoms with Gasteiger partial charge >= 0.3 is 5.97 Å². The van der Waals surface area contributed by atoms with Gasteiger partial charge in [-0.2, -0.15) is 0 Å². The minimum atomic E-state index is -0.214. The summed E-state index contributed by atoms with van der Waals surface area (Å²) < 4.78 is 9.94. The molecule has 70 valence electrons. The molecule has 0 saturated heterocycles. The van der Waals surface area contributed by atoms with Crippen LogP contribution in [0.2, 0.25) is 0 Å². The minimum absolute atomic E-state index is 0.0953. The molecule has 0 heterocycles. The molecule has 0 unspecified atom stereocenters. The summed E-state index contributed by atoms with van der Waals surface area (Å²) in [4.78, 5) is 10.9. The van der Waals surface area contributed by atoms with E-state index in [1.165, 1.54) is 0 Å². The van der Waals surface area contributed by atoms with E-state index in [-0.39, 0.29) is 12.1 Å². The Morgan fingerprint density at radius 2 is 2.33 bits per heavy atom. The molecule has 0 radical (unpaired) electrons. The van der Waals surface area contributed by atoms with Crippen molar-refractivity contribution in [3.63, 3.8) is 0 Å². The second kappa shape index (κ2) is 6.85. The average Bonchev–Trinajstić information content (AvgIpc) is 2.01. The van der Waals surface area contributed by atoms with Crippen LogP contribution in [0.5, 0.6) is 0 Å². The normalized spacial score (nSPS) is 12.2. The van der Waals surface area contributed by atoms with Crippen LogP contribution in [0.4, 0.5) is 0 Å². The highest BCUT2D eigenvalue weighted by molar-refractivity contribution is 5.69. The number of rotatable bonds is 6. The first-order valence-electron chi connectivity index (χ1n) is 4.08.